The Morgan fingerprint density at radius 1 is 1.03 bits per heavy atom. The number of benzene rings is 3. The Morgan fingerprint density at radius 3 is 2.27 bits per heavy atom. The highest BCUT2D eigenvalue weighted by molar-refractivity contribution is 6.30. The summed E-state index contributed by atoms with van der Waals surface area (Å²) in [5.74, 6) is -1.57. The second kappa shape index (κ2) is 10.0. The quantitative estimate of drug-likeness (QED) is 0.439. The molecule has 1 amide bonds. The monoisotopic (exact) mass is 467 g/mol. The van der Waals surface area contributed by atoms with E-state index in [1.54, 1.807) is 6.07 Å². The molecule has 0 saturated carbocycles. The summed E-state index contributed by atoms with van der Waals surface area (Å²) in [6, 6.07) is 19.9. The van der Waals surface area contributed by atoms with Crippen LogP contribution in [-0.2, 0) is 16.0 Å². The Balaban J connectivity index is 1.43. The van der Waals surface area contributed by atoms with E-state index in [-0.39, 0.29) is 30.4 Å². The summed E-state index contributed by atoms with van der Waals surface area (Å²) in [4.78, 5) is 23.7. The molecule has 1 aliphatic carbocycles. The van der Waals surface area contributed by atoms with Crippen LogP contribution in [0.1, 0.15) is 35.4 Å². The van der Waals surface area contributed by atoms with E-state index in [9.17, 15) is 14.0 Å². The molecule has 170 valence electrons. The summed E-state index contributed by atoms with van der Waals surface area (Å²) in [7, 11) is 0. The zero-order valence-corrected chi connectivity index (χ0v) is 18.5. The van der Waals surface area contributed by atoms with Crippen LogP contribution in [0.4, 0.5) is 9.18 Å². The van der Waals surface area contributed by atoms with Crippen LogP contribution in [0.2, 0.25) is 5.02 Å². The van der Waals surface area contributed by atoms with Crippen molar-refractivity contribution >= 4 is 23.7 Å². The molecule has 0 aliphatic heterocycles. The highest BCUT2D eigenvalue weighted by Gasteiger charge is 2.29. The largest absolute Gasteiger partial charge is 0.481 e. The van der Waals surface area contributed by atoms with Gasteiger partial charge in [-0.25, -0.2) is 9.18 Å². The standard InChI is InChI=1S/C26H23ClFNO4/c27-23-14-16(9-11-24(23)28)13-17(10-12-25(30)31)29-26(32)33-15-22-20-7-3-1-5-18(20)19-6-2-4-8-21(19)22/h1-9,11,14,17,22H,10,12-13,15H2,(H,29,32)(H,30,31). The molecule has 2 N–H and O–H groups in total. The Kier molecular flexibility index (Phi) is 6.94. The van der Waals surface area contributed by atoms with Crippen molar-refractivity contribution in [2.24, 2.45) is 0 Å². The molecule has 0 heterocycles. The Hall–Kier alpha value is -3.38. The molecule has 3 aromatic carbocycles. The molecule has 0 fully saturated rings. The lowest BCUT2D eigenvalue weighted by molar-refractivity contribution is -0.137. The van der Waals surface area contributed by atoms with Crippen molar-refractivity contribution in [2.75, 3.05) is 6.61 Å². The number of nitrogens with one attached hydrogen (secondary N) is 1. The van der Waals surface area contributed by atoms with Crippen LogP contribution in [0.3, 0.4) is 0 Å². The minimum absolute atomic E-state index is 0.0226. The highest BCUT2D eigenvalue weighted by atomic mass is 35.5. The van der Waals surface area contributed by atoms with Gasteiger partial charge in [-0.05, 0) is 52.8 Å². The minimum Gasteiger partial charge on any atom is -0.481 e. The number of carboxylic acids is 1. The van der Waals surface area contributed by atoms with E-state index in [1.807, 2.05) is 36.4 Å². The summed E-state index contributed by atoms with van der Waals surface area (Å²) < 4.78 is 19.0. The highest BCUT2D eigenvalue weighted by Crippen LogP contribution is 2.44. The maximum atomic E-state index is 13.5. The fourth-order valence-electron chi connectivity index (χ4n) is 4.28. The van der Waals surface area contributed by atoms with Crippen LogP contribution < -0.4 is 5.32 Å². The van der Waals surface area contributed by atoms with Crippen molar-refractivity contribution in [3.05, 3.63) is 94.3 Å². The normalized spacial score (nSPS) is 13.2. The zero-order valence-electron chi connectivity index (χ0n) is 17.8. The first-order valence-corrected chi connectivity index (χ1v) is 11.1. The SMILES string of the molecule is O=C(O)CCC(Cc1ccc(F)c(Cl)c1)NC(=O)OCC1c2ccccc2-c2ccccc21. The number of halogens is 2. The average molecular weight is 468 g/mol. The Labute approximate surface area is 196 Å². The summed E-state index contributed by atoms with van der Waals surface area (Å²) in [6.45, 7) is 0.161. The van der Waals surface area contributed by atoms with Gasteiger partial charge < -0.3 is 15.2 Å². The molecule has 0 aromatic heterocycles. The molecule has 0 saturated heterocycles. The topological polar surface area (TPSA) is 75.6 Å². The summed E-state index contributed by atoms with van der Waals surface area (Å²) >= 11 is 5.85. The molecule has 0 bridgehead atoms. The van der Waals surface area contributed by atoms with Crippen LogP contribution in [0.5, 0.6) is 0 Å². The fourth-order valence-corrected chi connectivity index (χ4v) is 4.48. The third-order valence-electron chi connectivity index (χ3n) is 5.84. The van der Waals surface area contributed by atoms with Gasteiger partial charge in [0.25, 0.3) is 0 Å². The molecule has 0 radical (unpaired) electrons. The van der Waals surface area contributed by atoms with Crippen molar-refractivity contribution in [2.45, 2.75) is 31.2 Å². The van der Waals surface area contributed by atoms with Gasteiger partial charge in [-0.2, -0.15) is 0 Å². The maximum Gasteiger partial charge on any atom is 0.407 e. The number of hydrogen-bond donors (Lipinski definition) is 2. The van der Waals surface area contributed by atoms with Crippen LogP contribution in [-0.4, -0.2) is 29.8 Å². The molecule has 5 nitrogen and oxygen atoms in total. The zero-order chi connectivity index (χ0) is 23.4. The number of amides is 1. The van der Waals surface area contributed by atoms with Crippen LogP contribution in [0.15, 0.2) is 66.7 Å². The molecule has 3 aromatic rings. The van der Waals surface area contributed by atoms with Gasteiger partial charge in [-0.3, -0.25) is 4.79 Å². The molecule has 1 atom stereocenters. The van der Waals surface area contributed by atoms with E-state index in [0.717, 1.165) is 22.3 Å². The van der Waals surface area contributed by atoms with Crippen molar-refractivity contribution < 1.29 is 23.8 Å². The third-order valence-corrected chi connectivity index (χ3v) is 6.13. The average Bonchev–Trinajstić information content (AvgIpc) is 3.12. The van der Waals surface area contributed by atoms with Crippen molar-refractivity contribution in [1.29, 1.82) is 0 Å². The second-order valence-electron chi connectivity index (χ2n) is 8.05. The van der Waals surface area contributed by atoms with E-state index < -0.39 is 23.9 Å². The second-order valence-corrected chi connectivity index (χ2v) is 8.46. The third kappa shape index (κ3) is 5.34. The van der Waals surface area contributed by atoms with E-state index >= 15 is 0 Å². The summed E-state index contributed by atoms with van der Waals surface area (Å²) in [5.41, 5.74) is 5.17. The minimum atomic E-state index is -0.966. The lowest BCUT2D eigenvalue weighted by Gasteiger charge is -2.20. The number of hydrogen-bond acceptors (Lipinski definition) is 3. The maximum absolute atomic E-state index is 13.5. The number of fused-ring (bicyclic) bond motifs is 3. The lowest BCUT2D eigenvalue weighted by Crippen LogP contribution is -2.37. The predicted octanol–water partition coefficient (Wildman–Crippen LogP) is 5.79. The van der Waals surface area contributed by atoms with E-state index in [0.29, 0.717) is 12.0 Å². The van der Waals surface area contributed by atoms with Gasteiger partial charge in [-0.15, -0.1) is 0 Å². The number of carbonyl (C=O) groups excluding carboxylic acids is 1. The first-order chi connectivity index (χ1) is 15.9. The predicted molar refractivity (Wildman–Crippen MR) is 124 cm³/mol. The van der Waals surface area contributed by atoms with Gasteiger partial charge in [0, 0.05) is 18.4 Å². The summed E-state index contributed by atoms with van der Waals surface area (Å²) in [5, 5.41) is 11.8. The number of aliphatic carboxylic acids is 1. The summed E-state index contributed by atoms with van der Waals surface area (Å²) in [6.07, 6.45) is -0.240. The van der Waals surface area contributed by atoms with Crippen molar-refractivity contribution in [3.8, 4) is 11.1 Å². The van der Waals surface area contributed by atoms with E-state index in [1.165, 1.54) is 12.1 Å². The van der Waals surface area contributed by atoms with Gasteiger partial charge >= 0.3 is 12.1 Å². The molecular formula is C26H23ClFNO4. The van der Waals surface area contributed by atoms with Crippen LogP contribution >= 0.6 is 11.6 Å². The van der Waals surface area contributed by atoms with Crippen LogP contribution in [0.25, 0.3) is 11.1 Å². The number of ether oxygens (including phenoxy) is 1. The number of carboxylic acid groups (broad SMARTS) is 1. The molecule has 1 unspecified atom stereocenters. The molecule has 0 spiro atoms. The molecule has 7 heteroatoms. The van der Waals surface area contributed by atoms with E-state index in [2.05, 4.69) is 17.4 Å². The van der Waals surface area contributed by atoms with Crippen molar-refractivity contribution in [3.63, 3.8) is 0 Å². The molecule has 4 rings (SSSR count). The van der Waals surface area contributed by atoms with E-state index in [4.69, 9.17) is 21.4 Å². The molecular weight excluding hydrogens is 445 g/mol. The number of rotatable bonds is 8. The first kappa shape index (κ1) is 22.8. The smallest absolute Gasteiger partial charge is 0.407 e. The molecule has 33 heavy (non-hydrogen) atoms. The first-order valence-electron chi connectivity index (χ1n) is 10.7. The Bertz CT molecular complexity index is 1140. The lowest BCUT2D eigenvalue weighted by atomic mass is 9.98. The van der Waals surface area contributed by atoms with Crippen LogP contribution in [0, 0.1) is 5.82 Å². The number of carbonyl (C=O) groups is 2. The van der Waals surface area contributed by atoms with Gasteiger partial charge in [0.1, 0.15) is 12.4 Å². The van der Waals surface area contributed by atoms with Gasteiger partial charge in [-0.1, -0.05) is 66.2 Å². The molecule has 1 aliphatic rings. The number of alkyl carbamates (subject to hydrolysis) is 1. The van der Waals surface area contributed by atoms with Gasteiger partial charge in [0.15, 0.2) is 0 Å². The van der Waals surface area contributed by atoms with Gasteiger partial charge in [0.05, 0.1) is 5.02 Å². The fraction of sp³-hybridized carbons (Fsp3) is 0.231. The Morgan fingerprint density at radius 2 is 1.67 bits per heavy atom. The van der Waals surface area contributed by atoms with Gasteiger partial charge in [0.2, 0.25) is 0 Å². The van der Waals surface area contributed by atoms with Crippen molar-refractivity contribution in [1.82, 2.24) is 5.32 Å².